The normalized spacial score (nSPS) is 13.9. The first-order chi connectivity index (χ1) is 7.45. The summed E-state index contributed by atoms with van der Waals surface area (Å²) >= 11 is 0. The van der Waals surface area contributed by atoms with Crippen LogP contribution >= 0.6 is 0 Å². The van der Waals surface area contributed by atoms with Crippen LogP contribution in [0.3, 0.4) is 0 Å². The van der Waals surface area contributed by atoms with E-state index in [9.17, 15) is 0 Å². The van der Waals surface area contributed by atoms with Gasteiger partial charge in [0.1, 0.15) is 0 Å². The number of aromatic nitrogens is 4. The fraction of sp³-hybridized carbons (Fsp3) is 0.222. The lowest BCUT2D eigenvalue weighted by atomic mass is 10.2. The van der Waals surface area contributed by atoms with E-state index in [1.807, 2.05) is 12.1 Å². The molecule has 3 N–H and O–H groups in total. The Bertz CT molecular complexity index is 642. The Morgan fingerprint density at radius 3 is 3.07 bits per heavy atom. The predicted molar refractivity (Wildman–Crippen MR) is 54.5 cm³/mol. The zero-order valence-electron chi connectivity index (χ0n) is 7.99. The number of hydrogen-bond acceptors (Lipinski definition) is 3. The molecule has 0 aliphatic carbocycles. The number of hydrogen-bond donors (Lipinski definition) is 3. The molecule has 76 valence electrons. The number of benzene rings is 1. The van der Waals surface area contributed by atoms with Crippen LogP contribution in [0.15, 0.2) is 28.3 Å². The highest BCUT2D eigenvalue weighted by molar-refractivity contribution is 5.75. The summed E-state index contributed by atoms with van der Waals surface area (Å²) in [4.78, 5) is 8.88. The average molecular weight is 202 g/mol. The second-order valence-corrected chi connectivity index (χ2v) is 3.28. The second kappa shape index (κ2) is 3.23. The summed E-state index contributed by atoms with van der Waals surface area (Å²) in [6, 6.07) is 3.93. The van der Waals surface area contributed by atoms with E-state index >= 15 is 0 Å². The molecule has 0 atom stereocenters. The minimum absolute atomic E-state index is 0.748. The monoisotopic (exact) mass is 202 g/mol. The molecule has 6 nitrogen and oxygen atoms in total. The van der Waals surface area contributed by atoms with Crippen LogP contribution in [0.4, 0.5) is 0 Å². The quantitative estimate of drug-likeness (QED) is 0.533. The van der Waals surface area contributed by atoms with Gasteiger partial charge < -0.3 is 0 Å². The van der Waals surface area contributed by atoms with E-state index in [2.05, 4.69) is 30.6 Å². The van der Waals surface area contributed by atoms with Gasteiger partial charge in [0.05, 0.1) is 35.5 Å². The van der Waals surface area contributed by atoms with Gasteiger partial charge in [-0.05, 0) is 12.1 Å². The highest BCUT2D eigenvalue weighted by Crippen LogP contribution is 1.98. The van der Waals surface area contributed by atoms with Gasteiger partial charge in [0, 0.05) is 5.39 Å². The molecule has 15 heavy (non-hydrogen) atoms. The molecule has 2 heterocycles. The Balaban J connectivity index is 2.60. The molecule has 0 spiro atoms. The zero-order valence-corrected chi connectivity index (χ0v) is 7.99. The summed E-state index contributed by atoms with van der Waals surface area (Å²) in [5, 5.41) is 15.2. The van der Waals surface area contributed by atoms with Crippen LogP contribution in [0.25, 0.3) is 10.9 Å². The SMILES string of the molecule is c1cc2[nH][nH][nH]ncc2c2c1=NCCN=2. The Morgan fingerprint density at radius 1 is 1.13 bits per heavy atom. The van der Waals surface area contributed by atoms with E-state index < -0.39 is 0 Å². The predicted octanol–water partition coefficient (Wildman–Crippen LogP) is -0.404. The van der Waals surface area contributed by atoms with Crippen molar-refractivity contribution in [3.63, 3.8) is 0 Å². The molecule has 1 aliphatic heterocycles. The van der Waals surface area contributed by atoms with Gasteiger partial charge in [-0.2, -0.15) is 5.10 Å². The average Bonchev–Trinajstić information content (AvgIpc) is 2.54. The molecule has 0 bridgehead atoms. The fourth-order valence-electron chi connectivity index (χ4n) is 1.69. The van der Waals surface area contributed by atoms with Crippen molar-refractivity contribution in [2.75, 3.05) is 13.1 Å². The van der Waals surface area contributed by atoms with Crippen LogP contribution < -0.4 is 10.7 Å². The standard InChI is InChI=1S/C9H10N6/c1-2-8-9(11-4-3-10-8)6-5-12-14-15-13-7(1)6/h1-2,5,13-15H,3-4H2. The molecule has 0 amide bonds. The molecule has 0 radical (unpaired) electrons. The molecule has 1 aromatic heterocycles. The number of rotatable bonds is 0. The third-order valence-electron chi connectivity index (χ3n) is 2.36. The van der Waals surface area contributed by atoms with Gasteiger partial charge in [-0.1, -0.05) is 0 Å². The number of nitrogens with zero attached hydrogens (tertiary/aromatic N) is 3. The molecule has 0 unspecified atom stereocenters. The van der Waals surface area contributed by atoms with Gasteiger partial charge in [0.15, 0.2) is 0 Å². The van der Waals surface area contributed by atoms with Crippen LogP contribution in [0.2, 0.25) is 0 Å². The maximum Gasteiger partial charge on any atom is 0.0937 e. The molecule has 1 aromatic carbocycles. The van der Waals surface area contributed by atoms with Crippen molar-refractivity contribution in [2.45, 2.75) is 0 Å². The first kappa shape index (κ1) is 8.22. The van der Waals surface area contributed by atoms with E-state index in [0.29, 0.717) is 0 Å². The number of aromatic amines is 3. The Kier molecular flexibility index (Phi) is 1.77. The molecular formula is C9H10N6. The summed E-state index contributed by atoms with van der Waals surface area (Å²) in [5.41, 5.74) is 0.948. The number of H-pyrrole nitrogens is 3. The van der Waals surface area contributed by atoms with Crippen LogP contribution in [0.1, 0.15) is 0 Å². The van der Waals surface area contributed by atoms with Crippen LogP contribution in [-0.4, -0.2) is 33.7 Å². The highest BCUT2D eigenvalue weighted by Gasteiger charge is 2.00. The maximum absolute atomic E-state index is 4.47. The van der Waals surface area contributed by atoms with E-state index in [1.165, 1.54) is 0 Å². The van der Waals surface area contributed by atoms with Crippen molar-refractivity contribution in [3.05, 3.63) is 29.0 Å². The number of nitrogens with one attached hydrogen (secondary N) is 3. The molecule has 0 saturated heterocycles. The molecule has 1 aliphatic rings. The minimum atomic E-state index is 0.748. The van der Waals surface area contributed by atoms with Gasteiger partial charge in [0.2, 0.25) is 0 Å². The van der Waals surface area contributed by atoms with E-state index in [4.69, 9.17) is 0 Å². The summed E-state index contributed by atoms with van der Waals surface area (Å²) < 4.78 is 0. The van der Waals surface area contributed by atoms with Crippen molar-refractivity contribution in [3.8, 4) is 0 Å². The summed E-state index contributed by atoms with van der Waals surface area (Å²) in [6.45, 7) is 1.52. The van der Waals surface area contributed by atoms with Crippen LogP contribution in [0, 0.1) is 0 Å². The molecule has 6 heteroatoms. The number of fused-ring (bicyclic) bond motifs is 3. The van der Waals surface area contributed by atoms with Gasteiger partial charge in [-0.3, -0.25) is 15.1 Å². The third-order valence-corrected chi connectivity index (χ3v) is 2.36. The van der Waals surface area contributed by atoms with Gasteiger partial charge in [-0.25, -0.2) is 10.4 Å². The Labute approximate surface area is 84.4 Å². The highest BCUT2D eigenvalue weighted by atomic mass is 15.4. The summed E-state index contributed by atoms with van der Waals surface area (Å²) in [7, 11) is 0. The molecule has 3 rings (SSSR count). The second-order valence-electron chi connectivity index (χ2n) is 3.28. The summed E-state index contributed by atoms with van der Waals surface area (Å²) in [6.07, 6.45) is 1.74. The van der Waals surface area contributed by atoms with E-state index in [-0.39, 0.29) is 0 Å². The Morgan fingerprint density at radius 2 is 2.07 bits per heavy atom. The van der Waals surface area contributed by atoms with Crippen molar-refractivity contribution in [2.24, 2.45) is 9.98 Å². The van der Waals surface area contributed by atoms with Gasteiger partial charge in [0.25, 0.3) is 0 Å². The minimum Gasteiger partial charge on any atom is -0.285 e. The lowest BCUT2D eigenvalue weighted by Crippen LogP contribution is -2.30. The van der Waals surface area contributed by atoms with Gasteiger partial charge >= 0.3 is 0 Å². The largest absolute Gasteiger partial charge is 0.285 e. The van der Waals surface area contributed by atoms with Crippen LogP contribution in [0.5, 0.6) is 0 Å². The third kappa shape index (κ3) is 1.30. The molecular weight excluding hydrogens is 192 g/mol. The smallest absolute Gasteiger partial charge is 0.0937 e. The van der Waals surface area contributed by atoms with E-state index in [0.717, 1.165) is 34.7 Å². The molecule has 0 saturated carbocycles. The topological polar surface area (TPSA) is 85.0 Å². The maximum atomic E-state index is 4.47. The van der Waals surface area contributed by atoms with Crippen molar-refractivity contribution >= 4 is 10.9 Å². The van der Waals surface area contributed by atoms with Crippen molar-refractivity contribution < 1.29 is 0 Å². The first-order valence-electron chi connectivity index (χ1n) is 4.76. The first-order valence-corrected chi connectivity index (χ1v) is 4.76. The Hall–Kier alpha value is -2.11. The zero-order chi connectivity index (χ0) is 10.1. The fourth-order valence-corrected chi connectivity index (χ4v) is 1.69. The van der Waals surface area contributed by atoms with Crippen molar-refractivity contribution in [1.29, 1.82) is 0 Å². The molecule has 2 aromatic rings. The lowest BCUT2D eigenvalue weighted by molar-refractivity contribution is 0.810. The van der Waals surface area contributed by atoms with Gasteiger partial charge in [-0.15, -0.1) is 0 Å². The lowest BCUT2D eigenvalue weighted by Gasteiger charge is -2.00. The van der Waals surface area contributed by atoms with Crippen LogP contribution in [-0.2, 0) is 0 Å². The summed E-state index contributed by atoms with van der Waals surface area (Å²) in [5.74, 6) is 0. The molecule has 0 fully saturated rings. The van der Waals surface area contributed by atoms with E-state index in [1.54, 1.807) is 6.20 Å². The van der Waals surface area contributed by atoms with Crippen molar-refractivity contribution in [1.82, 2.24) is 20.6 Å².